The molecule has 2 heterocycles. The summed E-state index contributed by atoms with van der Waals surface area (Å²) in [6, 6.07) is 21.5. The topological polar surface area (TPSA) is 54.9 Å². The Morgan fingerprint density at radius 1 is 0.941 bits per heavy atom. The van der Waals surface area contributed by atoms with E-state index in [2.05, 4.69) is 37.4 Å². The molecule has 34 heavy (non-hydrogen) atoms. The van der Waals surface area contributed by atoms with Gasteiger partial charge in [0.15, 0.2) is 5.13 Å². The van der Waals surface area contributed by atoms with Gasteiger partial charge >= 0.3 is 0 Å². The molecule has 0 radical (unpaired) electrons. The lowest BCUT2D eigenvalue weighted by Gasteiger charge is -2.14. The van der Waals surface area contributed by atoms with Crippen LogP contribution in [-0.2, 0) is 0 Å². The number of thiazole rings is 1. The number of para-hydroxylation sites is 1. The number of nitrogens with one attached hydrogen (secondary N) is 1. The molecule has 4 nitrogen and oxygen atoms in total. The number of rotatable bonds is 4. The highest BCUT2D eigenvalue weighted by Gasteiger charge is 2.20. The lowest BCUT2D eigenvalue weighted by atomic mass is 9.97. The predicted octanol–water partition coefficient (Wildman–Crippen LogP) is 7.86. The molecule has 0 aliphatic carbocycles. The highest BCUT2D eigenvalue weighted by Crippen LogP contribution is 2.32. The molecule has 0 saturated carbocycles. The number of carbonyl (C=O) groups is 1. The Morgan fingerprint density at radius 3 is 2.47 bits per heavy atom. The molecule has 0 fully saturated rings. The van der Waals surface area contributed by atoms with Crippen LogP contribution in [0.15, 0.2) is 72.1 Å². The molecule has 1 N–H and O–H groups in total. The second-order valence-corrected chi connectivity index (χ2v) is 9.59. The quantitative estimate of drug-likeness (QED) is 0.283. The molecule has 6 heteroatoms. The van der Waals surface area contributed by atoms with Crippen LogP contribution in [0.25, 0.3) is 33.4 Å². The van der Waals surface area contributed by atoms with E-state index in [1.165, 1.54) is 16.9 Å². The molecule has 3 aromatic carbocycles. The molecule has 5 aromatic rings. The van der Waals surface area contributed by atoms with Gasteiger partial charge in [0.05, 0.1) is 22.5 Å². The smallest absolute Gasteiger partial charge is 0.258 e. The van der Waals surface area contributed by atoms with Gasteiger partial charge in [-0.2, -0.15) is 0 Å². The van der Waals surface area contributed by atoms with Crippen LogP contribution in [0.4, 0.5) is 5.13 Å². The Kier molecular flexibility index (Phi) is 5.90. The van der Waals surface area contributed by atoms with Crippen molar-refractivity contribution in [3.63, 3.8) is 0 Å². The second-order valence-electron chi connectivity index (χ2n) is 8.29. The van der Waals surface area contributed by atoms with Crippen LogP contribution in [0.2, 0.25) is 5.02 Å². The van der Waals surface area contributed by atoms with E-state index in [9.17, 15) is 4.79 Å². The first-order valence-electron chi connectivity index (χ1n) is 10.9. The fourth-order valence-corrected chi connectivity index (χ4v) is 5.04. The van der Waals surface area contributed by atoms with E-state index in [1.54, 1.807) is 0 Å². The zero-order valence-electron chi connectivity index (χ0n) is 19.0. The second kappa shape index (κ2) is 9.01. The summed E-state index contributed by atoms with van der Waals surface area (Å²) in [5.74, 6) is -0.201. The number of hydrogen-bond acceptors (Lipinski definition) is 4. The fraction of sp³-hybridized carbons (Fsp3) is 0.107. The zero-order chi connectivity index (χ0) is 23.8. The number of aryl methyl sites for hydroxylation is 2. The first kappa shape index (κ1) is 22.3. The summed E-state index contributed by atoms with van der Waals surface area (Å²) in [6.07, 6.45) is 0. The van der Waals surface area contributed by atoms with E-state index >= 15 is 0 Å². The van der Waals surface area contributed by atoms with Crippen molar-refractivity contribution in [2.75, 3.05) is 5.32 Å². The number of halogens is 1. The lowest BCUT2D eigenvalue weighted by molar-refractivity contribution is 0.102. The molecular formula is C28H22ClN3OS. The zero-order valence-corrected chi connectivity index (χ0v) is 20.6. The summed E-state index contributed by atoms with van der Waals surface area (Å²) >= 11 is 7.50. The fourth-order valence-electron chi connectivity index (χ4n) is 4.20. The van der Waals surface area contributed by atoms with Gasteiger partial charge in [-0.1, -0.05) is 65.7 Å². The Bertz CT molecular complexity index is 1540. The standard InChI is InChI=1S/C28H22ClN3OS/c1-16-8-13-21(17(2)14-16)24-15-34-28(31-24)32-27(33)25-18(3)26(19-9-11-20(29)12-10-19)30-23-7-5-4-6-22(23)25/h4-15H,1-3H3,(H,31,32,33). The summed E-state index contributed by atoms with van der Waals surface area (Å²) < 4.78 is 0. The summed E-state index contributed by atoms with van der Waals surface area (Å²) in [5, 5.41) is 7.02. The number of nitrogens with zero attached hydrogens (tertiary/aromatic N) is 2. The van der Waals surface area contributed by atoms with Gasteiger partial charge in [0, 0.05) is 26.9 Å². The number of fused-ring (bicyclic) bond motifs is 1. The van der Waals surface area contributed by atoms with Crippen molar-refractivity contribution in [3.8, 4) is 22.5 Å². The molecule has 0 aliphatic rings. The number of pyridine rings is 1. The summed E-state index contributed by atoms with van der Waals surface area (Å²) in [6.45, 7) is 6.08. The van der Waals surface area contributed by atoms with E-state index < -0.39 is 0 Å². The van der Waals surface area contributed by atoms with Crippen molar-refractivity contribution in [2.24, 2.45) is 0 Å². The molecule has 0 bridgehead atoms. The van der Waals surface area contributed by atoms with Gasteiger partial charge in [-0.25, -0.2) is 9.97 Å². The van der Waals surface area contributed by atoms with E-state index in [-0.39, 0.29) is 5.91 Å². The molecule has 1 amide bonds. The minimum atomic E-state index is -0.201. The molecule has 0 unspecified atom stereocenters. The highest BCUT2D eigenvalue weighted by molar-refractivity contribution is 7.14. The van der Waals surface area contributed by atoms with Crippen molar-refractivity contribution in [1.29, 1.82) is 0 Å². The van der Waals surface area contributed by atoms with Gasteiger partial charge in [0.1, 0.15) is 0 Å². The molecule has 5 rings (SSSR count). The van der Waals surface area contributed by atoms with E-state index in [0.717, 1.165) is 44.5 Å². The third-order valence-corrected chi connectivity index (χ3v) is 6.87. The molecule has 2 aromatic heterocycles. The maximum atomic E-state index is 13.6. The normalized spacial score (nSPS) is 11.1. The Labute approximate surface area is 207 Å². The first-order valence-corrected chi connectivity index (χ1v) is 12.2. The third kappa shape index (κ3) is 4.20. The van der Waals surface area contributed by atoms with Crippen LogP contribution in [0.5, 0.6) is 0 Å². The molecule has 168 valence electrons. The highest BCUT2D eigenvalue weighted by atomic mass is 35.5. The van der Waals surface area contributed by atoms with Crippen LogP contribution in [0.1, 0.15) is 27.0 Å². The largest absolute Gasteiger partial charge is 0.298 e. The van der Waals surface area contributed by atoms with Crippen LogP contribution >= 0.6 is 22.9 Å². The maximum absolute atomic E-state index is 13.6. The van der Waals surface area contributed by atoms with Crippen molar-refractivity contribution in [3.05, 3.63) is 99.4 Å². The minimum absolute atomic E-state index is 0.201. The van der Waals surface area contributed by atoms with Crippen LogP contribution in [0.3, 0.4) is 0 Å². The van der Waals surface area contributed by atoms with Gasteiger partial charge in [0.25, 0.3) is 5.91 Å². The molecule has 0 saturated heterocycles. The minimum Gasteiger partial charge on any atom is -0.298 e. The summed E-state index contributed by atoms with van der Waals surface area (Å²) in [5.41, 5.74) is 8.13. The molecular weight excluding hydrogens is 462 g/mol. The third-order valence-electron chi connectivity index (χ3n) is 5.86. The summed E-state index contributed by atoms with van der Waals surface area (Å²) in [7, 11) is 0. The Hall–Kier alpha value is -3.54. The average molecular weight is 484 g/mol. The van der Waals surface area contributed by atoms with Gasteiger partial charge in [-0.15, -0.1) is 11.3 Å². The van der Waals surface area contributed by atoms with Crippen LogP contribution in [0, 0.1) is 20.8 Å². The van der Waals surface area contributed by atoms with E-state index in [0.29, 0.717) is 15.7 Å². The monoisotopic (exact) mass is 483 g/mol. The number of aromatic nitrogens is 2. The van der Waals surface area contributed by atoms with Gasteiger partial charge < -0.3 is 0 Å². The number of amides is 1. The number of benzene rings is 3. The van der Waals surface area contributed by atoms with E-state index in [4.69, 9.17) is 21.6 Å². The van der Waals surface area contributed by atoms with Crippen molar-refractivity contribution in [2.45, 2.75) is 20.8 Å². The Balaban J connectivity index is 1.54. The number of carbonyl (C=O) groups excluding carboxylic acids is 1. The van der Waals surface area contributed by atoms with Crippen molar-refractivity contribution >= 4 is 44.9 Å². The molecule has 0 aliphatic heterocycles. The SMILES string of the molecule is Cc1ccc(-c2csc(NC(=O)c3c(C)c(-c4ccc(Cl)cc4)nc4ccccc34)n2)c(C)c1. The molecule has 0 spiro atoms. The molecule has 0 atom stereocenters. The van der Waals surface area contributed by atoms with Crippen molar-refractivity contribution < 1.29 is 4.79 Å². The van der Waals surface area contributed by atoms with Crippen LogP contribution in [-0.4, -0.2) is 15.9 Å². The number of hydrogen-bond donors (Lipinski definition) is 1. The predicted molar refractivity (Wildman–Crippen MR) is 142 cm³/mol. The lowest BCUT2D eigenvalue weighted by Crippen LogP contribution is -2.15. The maximum Gasteiger partial charge on any atom is 0.258 e. The van der Waals surface area contributed by atoms with Gasteiger partial charge in [-0.3, -0.25) is 10.1 Å². The van der Waals surface area contributed by atoms with Gasteiger partial charge in [-0.05, 0) is 50.1 Å². The van der Waals surface area contributed by atoms with E-state index in [1.807, 2.05) is 60.8 Å². The first-order chi connectivity index (χ1) is 16.4. The average Bonchev–Trinajstić information content (AvgIpc) is 3.27. The number of anilines is 1. The summed E-state index contributed by atoms with van der Waals surface area (Å²) in [4.78, 5) is 23.1. The van der Waals surface area contributed by atoms with Crippen LogP contribution < -0.4 is 5.32 Å². The Morgan fingerprint density at radius 2 is 1.71 bits per heavy atom. The van der Waals surface area contributed by atoms with Crippen molar-refractivity contribution in [1.82, 2.24) is 9.97 Å². The van der Waals surface area contributed by atoms with Gasteiger partial charge in [0.2, 0.25) is 0 Å².